The summed E-state index contributed by atoms with van der Waals surface area (Å²) in [6, 6.07) is 1.63. The van der Waals surface area contributed by atoms with Crippen LogP contribution in [0.4, 0.5) is 0 Å². The smallest absolute Gasteiger partial charge is 0.252 e. The quantitative estimate of drug-likeness (QED) is 0.851. The number of carbonyl (C=O) groups is 1. The van der Waals surface area contributed by atoms with E-state index in [0.717, 1.165) is 11.4 Å². The van der Waals surface area contributed by atoms with Crippen molar-refractivity contribution in [1.29, 1.82) is 0 Å². The molecule has 2 aromatic heterocycles. The highest BCUT2D eigenvalue weighted by Crippen LogP contribution is 2.14. The Hall–Kier alpha value is -2.35. The van der Waals surface area contributed by atoms with Crippen molar-refractivity contribution < 1.29 is 9.53 Å². The maximum atomic E-state index is 12.0. The molecule has 0 radical (unpaired) electrons. The van der Waals surface area contributed by atoms with E-state index >= 15 is 0 Å². The summed E-state index contributed by atoms with van der Waals surface area (Å²) in [5, 5.41) is 18.4. The highest BCUT2D eigenvalue weighted by Gasteiger charge is 2.20. The Morgan fingerprint density at radius 2 is 2.43 bits per heavy atom. The maximum absolute atomic E-state index is 12.0. The second-order valence-corrected chi connectivity index (χ2v) is 5.03. The zero-order valence-electron chi connectivity index (χ0n) is 11.7. The molecular formula is C13H16N6O2. The van der Waals surface area contributed by atoms with Crippen LogP contribution in [0.5, 0.6) is 0 Å². The molecule has 1 aliphatic rings. The molecule has 2 aromatic rings. The number of nitrogens with zero attached hydrogens (tertiary/aromatic N) is 5. The Balaban J connectivity index is 1.60. The number of rotatable bonds is 3. The van der Waals surface area contributed by atoms with Crippen LogP contribution in [0.25, 0.3) is 0 Å². The topological polar surface area (TPSA) is 94.8 Å². The number of fused-ring (bicyclic) bond motifs is 1. The van der Waals surface area contributed by atoms with E-state index in [1.165, 1.54) is 12.4 Å². The van der Waals surface area contributed by atoms with Gasteiger partial charge in [-0.2, -0.15) is 10.2 Å². The van der Waals surface area contributed by atoms with Crippen molar-refractivity contribution in [2.75, 3.05) is 13.2 Å². The Morgan fingerprint density at radius 1 is 1.52 bits per heavy atom. The van der Waals surface area contributed by atoms with Crippen molar-refractivity contribution in [3.63, 3.8) is 0 Å². The summed E-state index contributed by atoms with van der Waals surface area (Å²) in [6.07, 6.45) is 2.94. The van der Waals surface area contributed by atoms with Crippen molar-refractivity contribution in [2.24, 2.45) is 5.92 Å². The molecule has 8 nitrogen and oxygen atoms in total. The first kappa shape index (κ1) is 13.6. The van der Waals surface area contributed by atoms with Gasteiger partial charge in [-0.3, -0.25) is 4.79 Å². The van der Waals surface area contributed by atoms with Crippen LogP contribution in [0.1, 0.15) is 21.7 Å². The number of nitrogens with one attached hydrogen (secondary N) is 1. The molecule has 0 aromatic carbocycles. The normalized spacial score (nSPS) is 17.9. The lowest BCUT2D eigenvalue weighted by atomic mass is 10.1. The number of carbonyl (C=O) groups excluding carboxylic acids is 1. The largest absolute Gasteiger partial charge is 0.375 e. The predicted octanol–water partition coefficient (Wildman–Crippen LogP) is -0.0471. The lowest BCUT2D eigenvalue weighted by Gasteiger charge is -2.14. The van der Waals surface area contributed by atoms with E-state index in [0.29, 0.717) is 31.9 Å². The molecule has 1 unspecified atom stereocenters. The first-order valence-electron chi connectivity index (χ1n) is 6.75. The van der Waals surface area contributed by atoms with Crippen molar-refractivity contribution in [1.82, 2.24) is 30.5 Å². The molecule has 110 valence electrons. The van der Waals surface area contributed by atoms with Gasteiger partial charge in [-0.25, -0.2) is 4.68 Å². The highest BCUT2D eigenvalue weighted by atomic mass is 16.5. The van der Waals surface area contributed by atoms with Gasteiger partial charge in [0.1, 0.15) is 0 Å². The molecule has 0 fully saturated rings. The number of aryl methyl sites for hydroxylation is 1. The van der Waals surface area contributed by atoms with Crippen molar-refractivity contribution in [3.05, 3.63) is 35.4 Å². The van der Waals surface area contributed by atoms with Gasteiger partial charge in [-0.1, -0.05) is 5.21 Å². The van der Waals surface area contributed by atoms with Crippen LogP contribution >= 0.6 is 0 Å². The third-order valence-corrected chi connectivity index (χ3v) is 3.45. The molecule has 3 heterocycles. The van der Waals surface area contributed by atoms with E-state index in [1.807, 2.05) is 11.6 Å². The molecule has 0 saturated carbocycles. The zero-order chi connectivity index (χ0) is 14.7. The van der Waals surface area contributed by atoms with Gasteiger partial charge in [0.05, 0.1) is 42.6 Å². The van der Waals surface area contributed by atoms with E-state index in [2.05, 4.69) is 25.8 Å². The molecule has 0 spiro atoms. The Bertz CT molecular complexity index is 627. The van der Waals surface area contributed by atoms with Gasteiger partial charge < -0.3 is 10.1 Å². The van der Waals surface area contributed by atoms with Gasteiger partial charge in [0.15, 0.2) is 0 Å². The fraction of sp³-hybridized carbons (Fsp3) is 0.462. The van der Waals surface area contributed by atoms with Crippen LogP contribution in [0.2, 0.25) is 0 Å². The van der Waals surface area contributed by atoms with Crippen LogP contribution in [0.15, 0.2) is 18.5 Å². The second kappa shape index (κ2) is 5.96. The summed E-state index contributed by atoms with van der Waals surface area (Å²) in [4.78, 5) is 12.0. The van der Waals surface area contributed by atoms with Crippen molar-refractivity contribution in [3.8, 4) is 0 Å². The first-order chi connectivity index (χ1) is 10.2. The first-order valence-corrected chi connectivity index (χ1v) is 6.75. The van der Waals surface area contributed by atoms with Gasteiger partial charge in [0.25, 0.3) is 5.91 Å². The van der Waals surface area contributed by atoms with Gasteiger partial charge in [0.2, 0.25) is 0 Å². The Labute approximate surface area is 121 Å². The number of amides is 1. The lowest BCUT2D eigenvalue weighted by Crippen LogP contribution is -2.33. The van der Waals surface area contributed by atoms with E-state index in [-0.39, 0.29) is 11.8 Å². The number of hydrogen-bond donors (Lipinski definition) is 1. The molecule has 0 saturated heterocycles. The molecular weight excluding hydrogens is 272 g/mol. The van der Waals surface area contributed by atoms with Crippen LogP contribution in [-0.2, 0) is 17.9 Å². The van der Waals surface area contributed by atoms with E-state index in [1.54, 1.807) is 6.07 Å². The second-order valence-electron chi connectivity index (χ2n) is 5.03. The summed E-state index contributed by atoms with van der Waals surface area (Å²) in [5.74, 6) is -0.00441. The van der Waals surface area contributed by atoms with Gasteiger partial charge in [0, 0.05) is 19.0 Å². The third-order valence-electron chi connectivity index (χ3n) is 3.45. The standard InChI is InChI=1S/C13H16N6O2/c1-9-12-8-21-7-10(6-19(12)18-17-9)4-14-13(20)11-2-3-15-16-5-11/h2-3,5,10H,4,6-8H2,1H3,(H,14,20). The van der Waals surface area contributed by atoms with Gasteiger partial charge in [-0.05, 0) is 13.0 Å². The molecule has 1 N–H and O–H groups in total. The third kappa shape index (κ3) is 3.05. The van der Waals surface area contributed by atoms with Gasteiger partial charge in [-0.15, -0.1) is 5.10 Å². The summed E-state index contributed by atoms with van der Waals surface area (Å²) in [6.45, 7) is 4.21. The fourth-order valence-corrected chi connectivity index (χ4v) is 2.25. The maximum Gasteiger partial charge on any atom is 0.252 e. The average Bonchev–Trinajstić information content (AvgIpc) is 2.75. The molecule has 0 bridgehead atoms. The molecule has 8 heteroatoms. The Morgan fingerprint density at radius 3 is 3.24 bits per heavy atom. The predicted molar refractivity (Wildman–Crippen MR) is 72.3 cm³/mol. The molecule has 0 aliphatic carbocycles. The summed E-state index contributed by atoms with van der Waals surface area (Å²) >= 11 is 0. The number of hydrogen-bond acceptors (Lipinski definition) is 6. The molecule has 1 atom stereocenters. The summed E-state index contributed by atoms with van der Waals surface area (Å²) < 4.78 is 7.49. The van der Waals surface area contributed by atoms with Crippen LogP contribution in [0.3, 0.4) is 0 Å². The zero-order valence-corrected chi connectivity index (χ0v) is 11.7. The highest BCUT2D eigenvalue weighted by molar-refractivity contribution is 5.93. The van der Waals surface area contributed by atoms with E-state index in [4.69, 9.17) is 4.74 Å². The number of aromatic nitrogens is 5. The summed E-state index contributed by atoms with van der Waals surface area (Å²) in [7, 11) is 0. The van der Waals surface area contributed by atoms with Crippen LogP contribution in [-0.4, -0.2) is 44.3 Å². The van der Waals surface area contributed by atoms with E-state index in [9.17, 15) is 4.79 Å². The number of ether oxygens (including phenoxy) is 1. The summed E-state index contributed by atoms with van der Waals surface area (Å²) in [5.41, 5.74) is 2.39. The monoisotopic (exact) mass is 288 g/mol. The molecule has 21 heavy (non-hydrogen) atoms. The lowest BCUT2D eigenvalue weighted by molar-refractivity contribution is 0.0850. The van der Waals surface area contributed by atoms with Gasteiger partial charge >= 0.3 is 0 Å². The fourth-order valence-electron chi connectivity index (χ4n) is 2.25. The van der Waals surface area contributed by atoms with Crippen molar-refractivity contribution in [2.45, 2.75) is 20.1 Å². The molecule has 1 amide bonds. The molecule has 1 aliphatic heterocycles. The minimum atomic E-state index is -0.163. The Kier molecular flexibility index (Phi) is 3.87. The van der Waals surface area contributed by atoms with E-state index < -0.39 is 0 Å². The minimum absolute atomic E-state index is 0.158. The minimum Gasteiger partial charge on any atom is -0.375 e. The molecule has 3 rings (SSSR count). The average molecular weight is 288 g/mol. The SMILES string of the molecule is Cc1nnn2c1COCC(CNC(=O)c1ccnnc1)C2. The van der Waals surface area contributed by atoms with Crippen LogP contribution in [0, 0.1) is 12.8 Å². The van der Waals surface area contributed by atoms with Crippen molar-refractivity contribution >= 4 is 5.91 Å². The van der Waals surface area contributed by atoms with Crippen LogP contribution < -0.4 is 5.32 Å².